The van der Waals surface area contributed by atoms with Crippen LogP contribution in [0.3, 0.4) is 0 Å². The molecule has 1 saturated carbocycles. The van der Waals surface area contributed by atoms with E-state index in [0.717, 1.165) is 25.3 Å². The van der Waals surface area contributed by atoms with Gasteiger partial charge < -0.3 is 10.1 Å². The summed E-state index contributed by atoms with van der Waals surface area (Å²) < 4.78 is 5.45. The molecule has 0 aromatic carbocycles. The molecule has 2 rings (SSSR count). The molecule has 2 fully saturated rings. The number of hydrogen-bond acceptors (Lipinski definition) is 2. The van der Waals surface area contributed by atoms with Crippen LogP contribution in [0, 0.1) is 5.92 Å². The molecule has 86 valence electrons. The Morgan fingerprint density at radius 3 is 3.00 bits per heavy atom. The van der Waals surface area contributed by atoms with Crippen LogP contribution < -0.4 is 5.32 Å². The molecule has 1 aliphatic carbocycles. The minimum absolute atomic E-state index is 0.153. The van der Waals surface area contributed by atoms with Crippen LogP contribution in [0.4, 0.5) is 4.79 Å². The third-order valence-electron chi connectivity index (χ3n) is 3.81. The first-order valence-corrected chi connectivity index (χ1v) is 6.21. The van der Waals surface area contributed by atoms with Crippen LogP contribution in [-0.2, 0) is 4.74 Å². The summed E-state index contributed by atoms with van der Waals surface area (Å²) in [6.07, 6.45) is 8.23. The van der Waals surface area contributed by atoms with Gasteiger partial charge in [-0.1, -0.05) is 26.2 Å². The Balaban J connectivity index is 1.92. The van der Waals surface area contributed by atoms with E-state index in [9.17, 15) is 4.79 Å². The number of alkyl carbamates (subject to hydrolysis) is 1. The monoisotopic (exact) mass is 211 g/mol. The van der Waals surface area contributed by atoms with Crippen LogP contribution in [0.15, 0.2) is 0 Å². The van der Waals surface area contributed by atoms with Crippen molar-refractivity contribution in [3.8, 4) is 0 Å². The van der Waals surface area contributed by atoms with Gasteiger partial charge in [0.2, 0.25) is 0 Å². The number of ether oxygens (including phenoxy) is 1. The van der Waals surface area contributed by atoms with Gasteiger partial charge in [0.15, 0.2) is 0 Å². The number of carbonyl (C=O) groups is 1. The second-order valence-electron chi connectivity index (χ2n) is 5.01. The summed E-state index contributed by atoms with van der Waals surface area (Å²) in [5.41, 5.74) is -0.153. The van der Waals surface area contributed by atoms with E-state index in [2.05, 4.69) is 12.2 Å². The molecule has 1 spiro atoms. The van der Waals surface area contributed by atoms with E-state index in [4.69, 9.17) is 4.74 Å². The zero-order chi connectivity index (χ0) is 10.7. The highest BCUT2D eigenvalue weighted by atomic mass is 16.6. The number of hydrogen-bond donors (Lipinski definition) is 1. The summed E-state index contributed by atoms with van der Waals surface area (Å²) in [5.74, 6) is 0.855. The summed E-state index contributed by atoms with van der Waals surface area (Å²) in [6.45, 7) is 2.97. The van der Waals surface area contributed by atoms with Crippen LogP contribution in [-0.4, -0.2) is 18.2 Å². The van der Waals surface area contributed by atoms with E-state index < -0.39 is 0 Å². The Bertz CT molecular complexity index is 242. The van der Waals surface area contributed by atoms with E-state index >= 15 is 0 Å². The van der Waals surface area contributed by atoms with Crippen molar-refractivity contribution in [2.24, 2.45) is 5.92 Å². The number of nitrogens with one attached hydrogen (secondary N) is 1. The maximum atomic E-state index is 11.1. The van der Waals surface area contributed by atoms with Crippen LogP contribution in [0.5, 0.6) is 0 Å². The summed E-state index contributed by atoms with van der Waals surface area (Å²) in [5, 5.41) is 2.79. The van der Waals surface area contributed by atoms with Crippen molar-refractivity contribution in [3.05, 3.63) is 0 Å². The largest absolute Gasteiger partial charge is 0.441 e. The van der Waals surface area contributed by atoms with Gasteiger partial charge in [-0.2, -0.15) is 0 Å². The highest BCUT2D eigenvalue weighted by Gasteiger charge is 2.41. The van der Waals surface area contributed by atoms with Crippen LogP contribution >= 0.6 is 0 Å². The first-order chi connectivity index (χ1) is 7.24. The van der Waals surface area contributed by atoms with Gasteiger partial charge in [0.05, 0.1) is 6.54 Å². The molecule has 0 aromatic rings. The van der Waals surface area contributed by atoms with Gasteiger partial charge in [-0.3, -0.25) is 0 Å². The van der Waals surface area contributed by atoms with Crippen molar-refractivity contribution < 1.29 is 9.53 Å². The lowest BCUT2D eigenvalue weighted by Gasteiger charge is -2.24. The number of carbonyl (C=O) groups excluding carboxylic acids is 1. The van der Waals surface area contributed by atoms with E-state index in [1.165, 1.54) is 32.1 Å². The molecule has 3 heteroatoms. The second-order valence-corrected chi connectivity index (χ2v) is 5.01. The van der Waals surface area contributed by atoms with E-state index in [1.54, 1.807) is 0 Å². The first-order valence-electron chi connectivity index (χ1n) is 6.21. The van der Waals surface area contributed by atoms with Gasteiger partial charge in [-0.15, -0.1) is 0 Å². The predicted molar refractivity (Wildman–Crippen MR) is 58.7 cm³/mol. The van der Waals surface area contributed by atoms with Gasteiger partial charge in [0, 0.05) is 0 Å². The van der Waals surface area contributed by atoms with E-state index in [1.807, 2.05) is 0 Å². The molecule has 2 unspecified atom stereocenters. The molecule has 15 heavy (non-hydrogen) atoms. The second kappa shape index (κ2) is 4.42. The van der Waals surface area contributed by atoms with Gasteiger partial charge >= 0.3 is 6.09 Å². The highest BCUT2D eigenvalue weighted by Crippen LogP contribution is 2.36. The van der Waals surface area contributed by atoms with E-state index in [-0.39, 0.29) is 11.7 Å². The fraction of sp³-hybridized carbons (Fsp3) is 0.917. The maximum Gasteiger partial charge on any atom is 0.407 e. The lowest BCUT2D eigenvalue weighted by molar-refractivity contribution is 0.0433. The van der Waals surface area contributed by atoms with Crippen molar-refractivity contribution in [2.45, 2.75) is 57.5 Å². The average molecular weight is 211 g/mol. The van der Waals surface area contributed by atoms with Gasteiger partial charge in [0.1, 0.15) is 5.60 Å². The first kappa shape index (κ1) is 10.8. The minimum Gasteiger partial charge on any atom is -0.441 e. The molecular formula is C12H21NO2. The van der Waals surface area contributed by atoms with Gasteiger partial charge in [-0.05, 0) is 31.6 Å². The summed E-state index contributed by atoms with van der Waals surface area (Å²) in [7, 11) is 0. The molecule has 0 bridgehead atoms. The maximum absolute atomic E-state index is 11.1. The molecule has 1 heterocycles. The van der Waals surface area contributed by atoms with Crippen molar-refractivity contribution in [3.63, 3.8) is 0 Å². The Labute approximate surface area is 91.6 Å². The Morgan fingerprint density at radius 2 is 2.33 bits per heavy atom. The lowest BCUT2D eigenvalue weighted by atomic mass is 9.92. The molecule has 0 aromatic heterocycles. The standard InChI is InChI=1S/C12H21NO2/c1-2-4-10-5-3-7-12(8-6-10)9-13-11(14)15-12/h10H,2-9H2,1H3,(H,13,14). The molecule has 1 aliphatic heterocycles. The Hall–Kier alpha value is -0.730. The van der Waals surface area contributed by atoms with Gasteiger partial charge in [0.25, 0.3) is 0 Å². The van der Waals surface area contributed by atoms with E-state index in [0.29, 0.717) is 0 Å². The highest BCUT2D eigenvalue weighted by molar-refractivity contribution is 5.70. The zero-order valence-corrected chi connectivity index (χ0v) is 9.55. The minimum atomic E-state index is -0.219. The molecule has 1 N–H and O–H groups in total. The third kappa shape index (κ3) is 2.44. The third-order valence-corrected chi connectivity index (χ3v) is 3.81. The van der Waals surface area contributed by atoms with Crippen molar-refractivity contribution in [1.29, 1.82) is 0 Å². The van der Waals surface area contributed by atoms with Crippen LogP contribution in [0.25, 0.3) is 0 Å². The lowest BCUT2D eigenvalue weighted by Crippen LogP contribution is -2.32. The topological polar surface area (TPSA) is 38.3 Å². The molecule has 1 saturated heterocycles. The average Bonchev–Trinajstić information content (AvgIpc) is 2.45. The van der Waals surface area contributed by atoms with Crippen LogP contribution in [0.1, 0.15) is 51.9 Å². The molecule has 1 amide bonds. The van der Waals surface area contributed by atoms with Gasteiger partial charge in [-0.25, -0.2) is 4.79 Å². The smallest absolute Gasteiger partial charge is 0.407 e. The van der Waals surface area contributed by atoms with Crippen LogP contribution in [0.2, 0.25) is 0 Å². The van der Waals surface area contributed by atoms with Crippen molar-refractivity contribution >= 4 is 6.09 Å². The summed E-state index contributed by atoms with van der Waals surface area (Å²) in [6, 6.07) is 0. The normalized spacial score (nSPS) is 36.1. The SMILES string of the molecule is CCCC1CCCC2(CC1)CNC(=O)O2. The Morgan fingerprint density at radius 1 is 1.47 bits per heavy atom. The fourth-order valence-electron chi connectivity index (χ4n) is 2.93. The zero-order valence-electron chi connectivity index (χ0n) is 9.55. The molecule has 2 atom stereocenters. The van der Waals surface area contributed by atoms with Crippen molar-refractivity contribution in [2.75, 3.05) is 6.54 Å². The number of amides is 1. The molecule has 0 radical (unpaired) electrons. The van der Waals surface area contributed by atoms with Crippen molar-refractivity contribution in [1.82, 2.24) is 5.32 Å². The fourth-order valence-corrected chi connectivity index (χ4v) is 2.93. The number of rotatable bonds is 2. The summed E-state index contributed by atoms with van der Waals surface area (Å²) >= 11 is 0. The molecule has 2 aliphatic rings. The predicted octanol–water partition coefficient (Wildman–Crippen LogP) is 2.85. The molecule has 3 nitrogen and oxygen atoms in total. The molecular weight excluding hydrogens is 190 g/mol. The quantitative estimate of drug-likeness (QED) is 0.762. The summed E-state index contributed by atoms with van der Waals surface area (Å²) in [4.78, 5) is 11.1. The Kier molecular flexibility index (Phi) is 3.17.